The summed E-state index contributed by atoms with van der Waals surface area (Å²) in [5.74, 6) is 0.236. The van der Waals surface area contributed by atoms with Crippen LogP contribution in [0.15, 0.2) is 0 Å². The summed E-state index contributed by atoms with van der Waals surface area (Å²) in [5.41, 5.74) is 5.67. The van der Waals surface area contributed by atoms with E-state index in [0.29, 0.717) is 12.5 Å². The van der Waals surface area contributed by atoms with Gasteiger partial charge in [-0.15, -0.1) is 24.8 Å². The minimum Gasteiger partial charge on any atom is -0.340 e. The second kappa shape index (κ2) is 8.20. The van der Waals surface area contributed by atoms with Crippen molar-refractivity contribution in [3.63, 3.8) is 0 Å². The van der Waals surface area contributed by atoms with Gasteiger partial charge in [-0.25, -0.2) is 0 Å². The molecule has 18 heavy (non-hydrogen) atoms. The Kier molecular flexibility index (Phi) is 8.19. The number of carbonyl (C=O) groups is 1. The number of fused-ring (bicyclic) bond motifs is 1. The Labute approximate surface area is 122 Å². The topological polar surface area (TPSA) is 49.6 Å². The van der Waals surface area contributed by atoms with Crippen molar-refractivity contribution in [2.24, 2.45) is 5.73 Å². The van der Waals surface area contributed by atoms with Gasteiger partial charge in [-0.3, -0.25) is 9.69 Å². The second-order valence-electron chi connectivity index (χ2n) is 5.21. The number of hydrogen-bond donors (Lipinski definition) is 1. The van der Waals surface area contributed by atoms with Gasteiger partial charge in [0.15, 0.2) is 0 Å². The molecule has 6 heteroatoms. The molecule has 2 rings (SSSR count). The smallest absolute Gasteiger partial charge is 0.224 e. The number of nitrogens with zero attached hydrogens (tertiary/aromatic N) is 2. The molecule has 0 saturated carbocycles. The Bertz CT molecular complexity index is 264. The number of piperidine rings is 1. The predicted octanol–water partition coefficient (Wildman–Crippen LogP) is 1.26. The number of carbonyl (C=O) groups excluding carboxylic acids is 1. The van der Waals surface area contributed by atoms with E-state index in [4.69, 9.17) is 5.73 Å². The Morgan fingerprint density at radius 1 is 1.28 bits per heavy atom. The first kappa shape index (κ1) is 18.0. The number of amides is 1. The summed E-state index contributed by atoms with van der Waals surface area (Å²) >= 11 is 0. The van der Waals surface area contributed by atoms with Gasteiger partial charge >= 0.3 is 0 Å². The van der Waals surface area contributed by atoms with Crippen LogP contribution in [0.3, 0.4) is 0 Å². The van der Waals surface area contributed by atoms with E-state index < -0.39 is 0 Å². The Hall–Kier alpha value is -0.0300. The van der Waals surface area contributed by atoms with Crippen LogP contribution in [0.1, 0.15) is 32.6 Å². The van der Waals surface area contributed by atoms with Crippen molar-refractivity contribution >= 4 is 30.7 Å². The number of nitrogens with two attached hydrogens (primary N) is 1. The minimum absolute atomic E-state index is 0. The first-order chi connectivity index (χ1) is 7.66. The van der Waals surface area contributed by atoms with Crippen molar-refractivity contribution in [3.05, 3.63) is 0 Å². The van der Waals surface area contributed by atoms with E-state index in [1.165, 1.54) is 25.8 Å². The van der Waals surface area contributed by atoms with Crippen LogP contribution in [0, 0.1) is 0 Å². The number of rotatable bonds is 2. The van der Waals surface area contributed by atoms with Crippen molar-refractivity contribution in [2.75, 3.05) is 26.2 Å². The lowest BCUT2D eigenvalue weighted by atomic mass is 9.99. The number of halogens is 2. The fourth-order valence-electron chi connectivity index (χ4n) is 2.79. The van der Waals surface area contributed by atoms with E-state index in [0.717, 1.165) is 19.6 Å². The molecule has 2 heterocycles. The zero-order valence-electron chi connectivity index (χ0n) is 11.0. The van der Waals surface area contributed by atoms with Crippen molar-refractivity contribution < 1.29 is 4.79 Å². The normalized spacial score (nSPS) is 25.4. The molecule has 2 aliphatic heterocycles. The first-order valence-electron chi connectivity index (χ1n) is 6.44. The molecule has 0 spiro atoms. The van der Waals surface area contributed by atoms with Crippen molar-refractivity contribution in [1.29, 1.82) is 0 Å². The van der Waals surface area contributed by atoms with Crippen LogP contribution in [0.5, 0.6) is 0 Å². The summed E-state index contributed by atoms with van der Waals surface area (Å²) in [4.78, 5) is 16.5. The molecule has 2 atom stereocenters. The van der Waals surface area contributed by atoms with Crippen molar-refractivity contribution in [2.45, 2.75) is 44.7 Å². The van der Waals surface area contributed by atoms with Crippen LogP contribution in [0.2, 0.25) is 0 Å². The Morgan fingerprint density at radius 3 is 2.67 bits per heavy atom. The SMILES string of the molecule is CC(N)CC(=O)N1CCN2CCCCC2C1.Cl.Cl. The van der Waals surface area contributed by atoms with Gasteiger partial charge in [0.25, 0.3) is 0 Å². The van der Waals surface area contributed by atoms with Crippen LogP contribution in [0.4, 0.5) is 0 Å². The third-order valence-electron chi connectivity index (χ3n) is 3.69. The van der Waals surface area contributed by atoms with Gasteiger partial charge in [-0.05, 0) is 26.3 Å². The summed E-state index contributed by atoms with van der Waals surface area (Å²) < 4.78 is 0. The van der Waals surface area contributed by atoms with Gasteiger partial charge in [0.05, 0.1) is 0 Å². The van der Waals surface area contributed by atoms with Crippen LogP contribution >= 0.6 is 24.8 Å². The highest BCUT2D eigenvalue weighted by atomic mass is 35.5. The lowest BCUT2D eigenvalue weighted by Crippen LogP contribution is -2.56. The summed E-state index contributed by atoms with van der Waals surface area (Å²) in [7, 11) is 0. The lowest BCUT2D eigenvalue weighted by Gasteiger charge is -2.44. The highest BCUT2D eigenvalue weighted by molar-refractivity contribution is 5.85. The molecule has 0 aromatic heterocycles. The van der Waals surface area contributed by atoms with Gasteiger partial charge in [0.1, 0.15) is 0 Å². The molecule has 2 N–H and O–H groups in total. The summed E-state index contributed by atoms with van der Waals surface area (Å²) in [6.07, 6.45) is 4.38. The quantitative estimate of drug-likeness (QED) is 0.835. The van der Waals surface area contributed by atoms with Gasteiger partial charge in [0, 0.05) is 38.1 Å². The molecule has 2 saturated heterocycles. The molecule has 0 aromatic rings. The Morgan fingerprint density at radius 2 is 2.00 bits per heavy atom. The maximum Gasteiger partial charge on any atom is 0.224 e. The molecule has 0 bridgehead atoms. The Balaban J connectivity index is 0.00000144. The average Bonchev–Trinajstić information content (AvgIpc) is 2.27. The third-order valence-corrected chi connectivity index (χ3v) is 3.69. The molecule has 2 aliphatic rings. The molecular weight excluding hydrogens is 273 g/mol. The van der Waals surface area contributed by atoms with Crippen LogP contribution in [-0.2, 0) is 4.79 Å². The van der Waals surface area contributed by atoms with Gasteiger partial charge in [-0.2, -0.15) is 0 Å². The third kappa shape index (κ3) is 4.57. The van der Waals surface area contributed by atoms with E-state index in [9.17, 15) is 4.79 Å². The molecule has 0 aromatic carbocycles. The van der Waals surface area contributed by atoms with Crippen LogP contribution in [0.25, 0.3) is 0 Å². The minimum atomic E-state index is -0.0168. The van der Waals surface area contributed by atoms with E-state index >= 15 is 0 Å². The van der Waals surface area contributed by atoms with Gasteiger partial charge < -0.3 is 10.6 Å². The predicted molar refractivity (Wildman–Crippen MR) is 78.6 cm³/mol. The highest BCUT2D eigenvalue weighted by Crippen LogP contribution is 2.21. The standard InChI is InChI=1S/C12H23N3O.2ClH/c1-10(13)8-12(16)15-7-6-14-5-3-2-4-11(14)9-15;;/h10-11H,2-9,13H2,1H3;2*1H. The summed E-state index contributed by atoms with van der Waals surface area (Å²) in [5, 5.41) is 0. The van der Waals surface area contributed by atoms with Gasteiger partial charge in [-0.1, -0.05) is 6.42 Å². The maximum atomic E-state index is 11.9. The summed E-state index contributed by atoms with van der Waals surface area (Å²) in [6.45, 7) is 5.98. The molecule has 0 aliphatic carbocycles. The van der Waals surface area contributed by atoms with E-state index in [1.54, 1.807) is 0 Å². The highest BCUT2D eigenvalue weighted by Gasteiger charge is 2.30. The first-order valence-corrected chi connectivity index (χ1v) is 6.44. The largest absolute Gasteiger partial charge is 0.340 e. The molecule has 1 amide bonds. The van der Waals surface area contributed by atoms with Crippen LogP contribution in [-0.4, -0.2) is 54.0 Å². The molecule has 2 fully saturated rings. The zero-order valence-corrected chi connectivity index (χ0v) is 12.6. The zero-order chi connectivity index (χ0) is 11.5. The molecule has 4 nitrogen and oxygen atoms in total. The lowest BCUT2D eigenvalue weighted by molar-refractivity contribution is -0.135. The van der Waals surface area contributed by atoms with Crippen LogP contribution < -0.4 is 5.73 Å². The average molecular weight is 298 g/mol. The molecule has 0 radical (unpaired) electrons. The van der Waals surface area contributed by atoms with Gasteiger partial charge in [0.2, 0.25) is 5.91 Å². The van der Waals surface area contributed by atoms with Crippen molar-refractivity contribution in [1.82, 2.24) is 9.80 Å². The van der Waals surface area contributed by atoms with Crippen molar-refractivity contribution in [3.8, 4) is 0 Å². The molecule has 108 valence electrons. The van der Waals surface area contributed by atoms with E-state index in [1.807, 2.05) is 11.8 Å². The number of hydrogen-bond acceptors (Lipinski definition) is 3. The second-order valence-corrected chi connectivity index (χ2v) is 5.21. The maximum absolute atomic E-state index is 11.9. The van der Waals surface area contributed by atoms with E-state index in [2.05, 4.69) is 4.90 Å². The molecular formula is C12H25Cl2N3O. The summed E-state index contributed by atoms with van der Waals surface area (Å²) in [6, 6.07) is 0.594. The number of piperazine rings is 1. The fraction of sp³-hybridized carbons (Fsp3) is 0.917. The monoisotopic (exact) mass is 297 g/mol. The van der Waals surface area contributed by atoms with E-state index in [-0.39, 0.29) is 36.8 Å². The molecule has 2 unspecified atom stereocenters. The fourth-order valence-corrected chi connectivity index (χ4v) is 2.79.